The molecule has 9 heteroatoms. The highest BCUT2D eigenvalue weighted by Crippen LogP contribution is 2.35. The number of hydrogen-bond donors (Lipinski definition) is 4. The lowest BCUT2D eigenvalue weighted by atomic mass is 9.89. The maximum atomic E-state index is 11.4. The Hall–Kier alpha value is -2.75. The molecular formula is C24H26ClNO6S. The first-order valence-corrected chi connectivity index (χ1v) is 11.5. The fraction of sp³-hybridized carbons (Fsp3) is 0.250. The third-order valence-corrected chi connectivity index (χ3v) is 6.10. The highest BCUT2D eigenvalue weighted by atomic mass is 35.5. The Labute approximate surface area is 200 Å². The molecule has 2 unspecified atom stereocenters. The molecular weight excluding hydrogens is 466 g/mol. The molecule has 0 aliphatic carbocycles. The number of halogens is 1. The maximum absolute atomic E-state index is 11.4. The van der Waals surface area contributed by atoms with Gasteiger partial charge in [0, 0.05) is 16.3 Å². The molecule has 0 amide bonds. The van der Waals surface area contributed by atoms with Gasteiger partial charge < -0.3 is 30.5 Å². The van der Waals surface area contributed by atoms with Crippen molar-refractivity contribution in [2.24, 2.45) is 0 Å². The maximum Gasteiger partial charge on any atom is 0.309 e. The van der Waals surface area contributed by atoms with E-state index in [0.717, 1.165) is 16.0 Å². The Morgan fingerprint density at radius 2 is 1.73 bits per heavy atom. The molecule has 0 aliphatic heterocycles. The van der Waals surface area contributed by atoms with E-state index < -0.39 is 30.1 Å². The number of aliphatic carboxylic acids is 2. The first-order chi connectivity index (χ1) is 15.7. The highest BCUT2D eigenvalue weighted by molar-refractivity contribution is 7.10. The Bertz CT molecular complexity index is 986. The number of nitrogens with two attached hydrogens (primary N) is 1. The van der Waals surface area contributed by atoms with Gasteiger partial charge in [-0.05, 0) is 34.7 Å². The average Bonchev–Trinajstić information content (AvgIpc) is 3.33. The summed E-state index contributed by atoms with van der Waals surface area (Å²) in [5, 5.41) is 43.3. The minimum Gasteiger partial charge on any atom is -0.550 e. The second-order valence-corrected chi connectivity index (χ2v) is 8.66. The minimum absolute atomic E-state index is 0.539. The van der Waals surface area contributed by atoms with Crippen LogP contribution in [0.4, 0.5) is 0 Å². The molecule has 3 aromatic rings. The largest absolute Gasteiger partial charge is 0.550 e. The highest BCUT2D eigenvalue weighted by Gasteiger charge is 2.32. The van der Waals surface area contributed by atoms with Crippen molar-refractivity contribution in [2.75, 3.05) is 13.1 Å². The van der Waals surface area contributed by atoms with E-state index in [1.165, 1.54) is 0 Å². The van der Waals surface area contributed by atoms with E-state index >= 15 is 0 Å². The van der Waals surface area contributed by atoms with Crippen LogP contribution in [0, 0.1) is 0 Å². The van der Waals surface area contributed by atoms with E-state index in [9.17, 15) is 24.9 Å². The van der Waals surface area contributed by atoms with Gasteiger partial charge in [0.1, 0.15) is 18.2 Å². The normalized spacial score (nSPS) is 13.3. The summed E-state index contributed by atoms with van der Waals surface area (Å²) in [5.74, 6) is -2.94. The molecule has 0 spiro atoms. The molecule has 2 aromatic carbocycles. The van der Waals surface area contributed by atoms with Crippen LogP contribution < -0.4 is 10.4 Å². The number of carboxylic acids is 2. The van der Waals surface area contributed by atoms with Crippen LogP contribution >= 0.6 is 22.9 Å². The molecule has 1 heterocycles. The molecule has 0 fully saturated rings. The van der Waals surface area contributed by atoms with Crippen molar-refractivity contribution in [1.82, 2.24) is 0 Å². The molecule has 0 radical (unpaired) electrons. The first-order valence-electron chi connectivity index (χ1n) is 10.2. The zero-order chi connectivity index (χ0) is 24.3. The molecule has 0 aliphatic rings. The standard InChI is InChI=1S/C21H22ClNO2S.C3H4O4/c22-18-10-8-16(9-11-18)19(24)15-23-13-12-21(25,20-7-4-14-26-20)17-5-2-1-3-6-17;4-2(5)1-3(6)7/h1-11,14,19,23-25H,12-13,15H2;1H2,(H,4,5)(H,6,7). The third-order valence-electron chi connectivity index (χ3n) is 4.83. The fourth-order valence-electron chi connectivity index (χ4n) is 3.17. The second-order valence-electron chi connectivity index (χ2n) is 7.28. The van der Waals surface area contributed by atoms with Crippen LogP contribution in [0.5, 0.6) is 0 Å². The summed E-state index contributed by atoms with van der Waals surface area (Å²) >= 11 is 7.45. The molecule has 1 aromatic heterocycles. The predicted molar refractivity (Wildman–Crippen MR) is 124 cm³/mol. The average molecular weight is 492 g/mol. The molecule has 7 nitrogen and oxygen atoms in total. The fourth-order valence-corrected chi connectivity index (χ4v) is 4.17. The molecule has 2 atom stereocenters. The zero-order valence-corrected chi connectivity index (χ0v) is 19.3. The van der Waals surface area contributed by atoms with Gasteiger partial charge in [-0.1, -0.05) is 60.1 Å². The Morgan fingerprint density at radius 1 is 1.06 bits per heavy atom. The Kier molecular flexibility index (Phi) is 10.5. The third kappa shape index (κ3) is 8.60. The predicted octanol–water partition coefficient (Wildman–Crippen LogP) is 1.54. The van der Waals surface area contributed by atoms with Crippen LogP contribution in [0.15, 0.2) is 72.1 Å². The van der Waals surface area contributed by atoms with Gasteiger partial charge in [0.05, 0.1) is 18.9 Å². The van der Waals surface area contributed by atoms with Gasteiger partial charge in [-0.2, -0.15) is 0 Å². The van der Waals surface area contributed by atoms with E-state index in [4.69, 9.17) is 16.7 Å². The molecule has 3 rings (SSSR count). The van der Waals surface area contributed by atoms with Crippen molar-refractivity contribution in [1.29, 1.82) is 0 Å². The number of quaternary nitrogens is 1. The Morgan fingerprint density at radius 3 is 2.24 bits per heavy atom. The lowest BCUT2D eigenvalue weighted by Crippen LogP contribution is -2.85. The molecule has 33 heavy (non-hydrogen) atoms. The summed E-state index contributed by atoms with van der Waals surface area (Å²) in [7, 11) is 0. The van der Waals surface area contributed by atoms with Crippen molar-refractivity contribution >= 4 is 34.9 Å². The number of rotatable bonds is 10. The number of carbonyl (C=O) groups excluding carboxylic acids is 1. The van der Waals surface area contributed by atoms with Crippen molar-refractivity contribution in [2.45, 2.75) is 24.5 Å². The lowest BCUT2D eigenvalue weighted by Gasteiger charge is -2.27. The van der Waals surface area contributed by atoms with Gasteiger partial charge in [-0.15, -0.1) is 11.3 Å². The zero-order valence-electron chi connectivity index (χ0n) is 17.8. The topological polar surface area (TPSA) is 134 Å². The SMILES string of the molecule is O=C([O-])CC(=O)O.OC(C[NH2+]CCC(O)(c1ccccc1)c1cccs1)c1ccc(Cl)cc1. The number of aliphatic hydroxyl groups excluding tert-OH is 1. The number of hydrogen-bond acceptors (Lipinski definition) is 6. The number of aliphatic hydroxyl groups is 2. The van der Waals surface area contributed by atoms with E-state index in [2.05, 4.69) is 0 Å². The molecule has 5 N–H and O–H groups in total. The van der Waals surface area contributed by atoms with Gasteiger partial charge in [0.2, 0.25) is 0 Å². The van der Waals surface area contributed by atoms with Gasteiger partial charge >= 0.3 is 5.97 Å². The monoisotopic (exact) mass is 491 g/mol. The second kappa shape index (κ2) is 13.1. The van der Waals surface area contributed by atoms with Crippen molar-refractivity contribution in [3.05, 3.63) is 93.1 Å². The quantitative estimate of drug-likeness (QED) is 0.251. The summed E-state index contributed by atoms with van der Waals surface area (Å²) < 4.78 is 0. The van der Waals surface area contributed by atoms with Gasteiger partial charge in [-0.25, -0.2) is 0 Å². The van der Waals surface area contributed by atoms with Crippen molar-refractivity contribution < 1.29 is 35.3 Å². The number of carbonyl (C=O) groups is 2. The van der Waals surface area contributed by atoms with E-state index in [1.807, 2.05) is 65.3 Å². The number of carboxylic acid groups (broad SMARTS) is 2. The van der Waals surface area contributed by atoms with Gasteiger partial charge in [0.25, 0.3) is 0 Å². The summed E-state index contributed by atoms with van der Waals surface area (Å²) in [4.78, 5) is 19.6. The Balaban J connectivity index is 0.000000479. The van der Waals surface area contributed by atoms with E-state index in [-0.39, 0.29) is 0 Å². The molecule has 0 saturated carbocycles. The van der Waals surface area contributed by atoms with Crippen LogP contribution in [0.3, 0.4) is 0 Å². The molecule has 0 bridgehead atoms. The van der Waals surface area contributed by atoms with Crippen LogP contribution in [-0.4, -0.2) is 40.3 Å². The van der Waals surface area contributed by atoms with Crippen molar-refractivity contribution in [3.63, 3.8) is 0 Å². The number of benzene rings is 2. The van der Waals surface area contributed by atoms with Crippen LogP contribution in [0.2, 0.25) is 5.02 Å². The summed E-state index contributed by atoms with van der Waals surface area (Å²) in [5.41, 5.74) is 0.744. The summed E-state index contributed by atoms with van der Waals surface area (Å²) in [6, 6.07) is 20.9. The van der Waals surface area contributed by atoms with E-state index in [0.29, 0.717) is 24.5 Å². The molecule has 0 saturated heterocycles. The lowest BCUT2D eigenvalue weighted by molar-refractivity contribution is -0.663. The van der Waals surface area contributed by atoms with Crippen LogP contribution in [0.25, 0.3) is 0 Å². The number of thiophene rings is 1. The minimum atomic E-state index is -1.56. The van der Waals surface area contributed by atoms with Crippen LogP contribution in [0.1, 0.15) is 34.9 Å². The van der Waals surface area contributed by atoms with E-state index in [1.54, 1.807) is 23.5 Å². The summed E-state index contributed by atoms with van der Waals surface area (Å²) in [6.45, 7) is 1.24. The van der Waals surface area contributed by atoms with Crippen LogP contribution in [-0.2, 0) is 15.2 Å². The van der Waals surface area contributed by atoms with Gasteiger partial charge in [-0.3, -0.25) is 4.79 Å². The summed E-state index contributed by atoms with van der Waals surface area (Å²) in [6.07, 6.45) is -0.899. The first kappa shape index (κ1) is 26.5. The van der Waals surface area contributed by atoms with Crippen molar-refractivity contribution in [3.8, 4) is 0 Å². The molecule has 176 valence electrons. The van der Waals surface area contributed by atoms with Gasteiger partial charge in [0.15, 0.2) is 0 Å². The smallest absolute Gasteiger partial charge is 0.309 e.